The Morgan fingerprint density at radius 2 is 2.17 bits per heavy atom. The first-order valence-corrected chi connectivity index (χ1v) is 8.58. The summed E-state index contributed by atoms with van der Waals surface area (Å²) in [5.74, 6) is -0.397. The number of aryl methyl sites for hydroxylation is 2. The van der Waals surface area contributed by atoms with E-state index >= 15 is 0 Å². The Bertz CT molecular complexity index is 959. The maximum Gasteiger partial charge on any atom is 0.350 e. The van der Waals surface area contributed by atoms with Gasteiger partial charge in [-0.15, -0.1) is 0 Å². The van der Waals surface area contributed by atoms with Crippen molar-refractivity contribution in [2.45, 2.75) is 20.8 Å². The van der Waals surface area contributed by atoms with Gasteiger partial charge in [-0.1, -0.05) is 29.0 Å². The highest BCUT2D eigenvalue weighted by Crippen LogP contribution is 2.32. The van der Waals surface area contributed by atoms with E-state index in [0.717, 1.165) is 17.4 Å². The number of esters is 1. The van der Waals surface area contributed by atoms with Crippen molar-refractivity contribution >= 4 is 40.2 Å². The highest BCUT2D eigenvalue weighted by Gasteiger charge is 2.23. The Labute approximate surface area is 147 Å². The van der Waals surface area contributed by atoms with E-state index in [4.69, 9.17) is 16.3 Å². The first-order valence-electron chi connectivity index (χ1n) is 7.38. The number of fused-ring (bicyclic) bond motifs is 1. The fourth-order valence-corrected chi connectivity index (χ4v) is 3.71. The van der Waals surface area contributed by atoms with Gasteiger partial charge in [0.2, 0.25) is 0 Å². The zero-order valence-electron chi connectivity index (χ0n) is 13.4. The second kappa shape index (κ2) is 6.37. The molecule has 0 aliphatic heterocycles. The zero-order valence-corrected chi connectivity index (χ0v) is 15.0. The second-order valence-electron chi connectivity index (χ2n) is 5.28. The van der Waals surface area contributed by atoms with Crippen LogP contribution in [0.1, 0.15) is 38.3 Å². The third-order valence-corrected chi connectivity index (χ3v) is 5.29. The van der Waals surface area contributed by atoms with Crippen molar-refractivity contribution in [3.8, 4) is 11.3 Å². The van der Waals surface area contributed by atoms with Gasteiger partial charge in [0.1, 0.15) is 16.3 Å². The van der Waals surface area contributed by atoms with E-state index in [9.17, 15) is 9.59 Å². The van der Waals surface area contributed by atoms with Gasteiger partial charge in [0, 0.05) is 16.3 Å². The predicted molar refractivity (Wildman–Crippen MR) is 94.3 cm³/mol. The average Bonchev–Trinajstić information content (AvgIpc) is 3.07. The second-order valence-corrected chi connectivity index (χ2v) is 6.67. The largest absolute Gasteiger partial charge is 0.462 e. The van der Waals surface area contributed by atoms with Crippen LogP contribution in [0.3, 0.4) is 0 Å². The van der Waals surface area contributed by atoms with Crippen molar-refractivity contribution in [2.24, 2.45) is 0 Å². The lowest BCUT2D eigenvalue weighted by Gasteiger charge is -2.04. The minimum Gasteiger partial charge on any atom is -0.462 e. The average molecular weight is 363 g/mol. The number of carbonyl (C=O) groups excluding carboxylic acids is 2. The number of thiazole rings is 1. The highest BCUT2D eigenvalue weighted by molar-refractivity contribution is 7.19. The van der Waals surface area contributed by atoms with Crippen molar-refractivity contribution in [3.05, 3.63) is 45.1 Å². The van der Waals surface area contributed by atoms with E-state index in [1.54, 1.807) is 24.3 Å². The predicted octanol–water partition coefficient (Wildman–Crippen LogP) is 4.32. The molecule has 7 heteroatoms. The Hall–Kier alpha value is -2.18. The molecule has 0 unspecified atom stereocenters. The van der Waals surface area contributed by atoms with Crippen LogP contribution in [0.4, 0.5) is 0 Å². The number of ether oxygens (including phenoxy) is 1. The molecule has 0 saturated heterocycles. The molecule has 0 saturated carbocycles. The third-order valence-electron chi connectivity index (χ3n) is 3.74. The van der Waals surface area contributed by atoms with Gasteiger partial charge < -0.3 is 4.74 Å². The molecule has 2 heterocycles. The van der Waals surface area contributed by atoms with Crippen LogP contribution in [0.25, 0.3) is 16.2 Å². The third kappa shape index (κ3) is 2.61. The molecular weight excluding hydrogens is 348 g/mol. The smallest absolute Gasteiger partial charge is 0.350 e. The molecule has 0 atom stereocenters. The van der Waals surface area contributed by atoms with Crippen molar-refractivity contribution in [1.29, 1.82) is 0 Å². The summed E-state index contributed by atoms with van der Waals surface area (Å²) in [6.07, 6.45) is 0.758. The van der Waals surface area contributed by atoms with Crippen LogP contribution in [-0.4, -0.2) is 28.2 Å². The van der Waals surface area contributed by atoms with E-state index in [2.05, 4.69) is 4.98 Å². The highest BCUT2D eigenvalue weighted by atomic mass is 35.5. The van der Waals surface area contributed by atoms with E-state index in [1.807, 2.05) is 19.1 Å². The number of halogens is 1. The van der Waals surface area contributed by atoms with Gasteiger partial charge >= 0.3 is 5.97 Å². The molecule has 0 bridgehead atoms. The number of aromatic nitrogens is 2. The molecule has 0 radical (unpaired) electrons. The summed E-state index contributed by atoms with van der Waals surface area (Å²) < 4.78 is 6.75. The van der Waals surface area contributed by atoms with Crippen molar-refractivity contribution in [3.63, 3.8) is 0 Å². The summed E-state index contributed by atoms with van der Waals surface area (Å²) in [4.78, 5) is 29.3. The number of hydrogen-bond donors (Lipinski definition) is 0. The molecule has 24 heavy (non-hydrogen) atoms. The van der Waals surface area contributed by atoms with E-state index < -0.39 is 5.97 Å². The fourth-order valence-electron chi connectivity index (χ4n) is 2.57. The lowest BCUT2D eigenvalue weighted by atomic mass is 10.1. The number of benzene rings is 1. The molecular formula is C17H15ClN2O3S. The van der Waals surface area contributed by atoms with Gasteiger partial charge in [-0.25, -0.2) is 9.78 Å². The minimum absolute atomic E-state index is 0.300. The summed E-state index contributed by atoms with van der Waals surface area (Å²) in [6.45, 7) is 5.73. The molecule has 0 spiro atoms. The number of hydrogen-bond acceptors (Lipinski definition) is 5. The summed E-state index contributed by atoms with van der Waals surface area (Å²) in [6, 6.07) is 5.50. The van der Waals surface area contributed by atoms with Gasteiger partial charge in [0.05, 0.1) is 6.61 Å². The van der Waals surface area contributed by atoms with Gasteiger partial charge in [0.25, 0.3) is 0 Å². The van der Waals surface area contributed by atoms with Crippen LogP contribution in [0.5, 0.6) is 0 Å². The Kier molecular flexibility index (Phi) is 4.43. The Balaban J connectivity index is 2.19. The molecule has 2 aromatic heterocycles. The molecule has 0 aliphatic carbocycles. The van der Waals surface area contributed by atoms with Gasteiger partial charge in [0.15, 0.2) is 11.2 Å². The molecule has 124 valence electrons. The van der Waals surface area contributed by atoms with Gasteiger partial charge in [-0.05, 0) is 38.5 Å². The molecule has 0 fully saturated rings. The fraction of sp³-hybridized carbons (Fsp3) is 0.235. The van der Waals surface area contributed by atoms with Crippen LogP contribution in [0, 0.1) is 13.8 Å². The van der Waals surface area contributed by atoms with E-state index in [1.165, 1.54) is 11.3 Å². The molecule has 5 nitrogen and oxygen atoms in total. The molecule has 0 aliphatic rings. The van der Waals surface area contributed by atoms with Crippen molar-refractivity contribution < 1.29 is 14.3 Å². The maximum atomic E-state index is 12.0. The standard InChI is InChI=1S/C17H15ClN2O3S/c1-4-23-16(22)15-10(3)20-13(8-21)14(19-17(20)24-15)11-5-6-12(18)9(2)7-11/h5-8H,4H2,1-3H3. The monoisotopic (exact) mass is 362 g/mol. The summed E-state index contributed by atoms with van der Waals surface area (Å²) in [5.41, 5.74) is 3.36. The first-order chi connectivity index (χ1) is 11.5. The Morgan fingerprint density at radius 1 is 1.42 bits per heavy atom. The number of nitrogens with zero attached hydrogens (tertiary/aromatic N) is 2. The number of carbonyl (C=O) groups is 2. The van der Waals surface area contributed by atoms with E-state index in [-0.39, 0.29) is 0 Å². The first kappa shape index (κ1) is 16.7. The number of rotatable bonds is 4. The van der Waals surface area contributed by atoms with Crippen LogP contribution < -0.4 is 0 Å². The van der Waals surface area contributed by atoms with E-state index in [0.29, 0.717) is 38.5 Å². The molecule has 1 aromatic carbocycles. The minimum atomic E-state index is -0.397. The lowest BCUT2D eigenvalue weighted by Crippen LogP contribution is -2.05. The zero-order chi connectivity index (χ0) is 17.4. The van der Waals surface area contributed by atoms with Crippen LogP contribution in [0.2, 0.25) is 5.02 Å². The number of aldehydes is 1. The molecule has 0 amide bonds. The quantitative estimate of drug-likeness (QED) is 0.512. The normalized spacial score (nSPS) is 11.0. The molecule has 0 N–H and O–H groups in total. The topological polar surface area (TPSA) is 60.7 Å². The van der Waals surface area contributed by atoms with Crippen LogP contribution in [0.15, 0.2) is 18.2 Å². The Morgan fingerprint density at radius 3 is 2.79 bits per heavy atom. The van der Waals surface area contributed by atoms with Crippen LogP contribution in [-0.2, 0) is 4.74 Å². The number of imidazole rings is 1. The maximum absolute atomic E-state index is 12.0. The summed E-state index contributed by atoms with van der Waals surface area (Å²) >= 11 is 7.28. The SMILES string of the molecule is CCOC(=O)c1sc2nc(-c3ccc(Cl)c(C)c3)c(C=O)n2c1C. The van der Waals surface area contributed by atoms with Crippen molar-refractivity contribution in [2.75, 3.05) is 6.61 Å². The van der Waals surface area contributed by atoms with Crippen LogP contribution >= 0.6 is 22.9 Å². The molecule has 3 aromatic rings. The molecule has 3 rings (SSSR count). The summed E-state index contributed by atoms with van der Waals surface area (Å²) in [7, 11) is 0. The lowest BCUT2D eigenvalue weighted by molar-refractivity contribution is 0.0530. The summed E-state index contributed by atoms with van der Waals surface area (Å²) in [5, 5.41) is 0.660. The van der Waals surface area contributed by atoms with Gasteiger partial charge in [-0.3, -0.25) is 9.20 Å². The van der Waals surface area contributed by atoms with Crippen molar-refractivity contribution in [1.82, 2.24) is 9.38 Å². The van der Waals surface area contributed by atoms with Gasteiger partial charge in [-0.2, -0.15) is 0 Å².